The van der Waals surface area contributed by atoms with Gasteiger partial charge < -0.3 is 9.12 Å². The van der Waals surface area contributed by atoms with E-state index < -0.39 is 11.1 Å². The Balaban J connectivity index is 3.10. The fraction of sp³-hybridized carbons (Fsp3) is 0.250. The van der Waals surface area contributed by atoms with E-state index in [1.54, 1.807) is 7.05 Å². The smallest absolute Gasteiger partial charge is 0.207 e. The number of aromatic nitrogens is 2. The van der Waals surface area contributed by atoms with Crippen molar-refractivity contribution in [2.24, 2.45) is 7.05 Å². The molecule has 56 valence electrons. The lowest BCUT2D eigenvalue weighted by molar-refractivity contribution is 0.561. The van der Waals surface area contributed by atoms with Crippen LogP contribution < -0.4 is 0 Å². The standard InChI is InChI=1S/C4H5ClN2O2S/c1-7-2-3(10(8)9)6-4(7)5/h2H,1H3,(H,8,9). The molecule has 1 heterocycles. The Morgan fingerprint density at radius 2 is 2.50 bits per heavy atom. The van der Waals surface area contributed by atoms with Gasteiger partial charge in [0.25, 0.3) is 0 Å². The van der Waals surface area contributed by atoms with Gasteiger partial charge in [-0.3, -0.25) is 0 Å². The molecule has 0 bridgehead atoms. The number of nitrogens with zero attached hydrogens (tertiary/aromatic N) is 2. The average Bonchev–Trinajstić information content (AvgIpc) is 2.13. The van der Waals surface area contributed by atoms with Gasteiger partial charge in [-0.15, -0.1) is 0 Å². The summed E-state index contributed by atoms with van der Waals surface area (Å²) in [6.45, 7) is 0. The zero-order chi connectivity index (χ0) is 7.72. The van der Waals surface area contributed by atoms with E-state index >= 15 is 0 Å². The molecule has 1 atom stereocenters. The second kappa shape index (κ2) is 2.69. The Bertz CT molecular complexity index is 253. The van der Waals surface area contributed by atoms with Gasteiger partial charge in [-0.05, 0) is 11.6 Å². The maximum atomic E-state index is 10.3. The summed E-state index contributed by atoms with van der Waals surface area (Å²) in [6, 6.07) is 0. The molecule has 0 saturated heterocycles. The summed E-state index contributed by atoms with van der Waals surface area (Å²) in [6.07, 6.45) is 1.40. The predicted octanol–water partition coefficient (Wildman–Crippen LogP) is 0.654. The van der Waals surface area contributed by atoms with E-state index in [-0.39, 0.29) is 10.3 Å². The van der Waals surface area contributed by atoms with Crippen LogP contribution in [-0.2, 0) is 18.1 Å². The summed E-state index contributed by atoms with van der Waals surface area (Å²) in [7, 11) is 1.64. The van der Waals surface area contributed by atoms with Crippen molar-refractivity contribution in [1.82, 2.24) is 9.55 Å². The van der Waals surface area contributed by atoms with Gasteiger partial charge in [0.1, 0.15) is 0 Å². The first-order valence-electron chi connectivity index (χ1n) is 2.41. The van der Waals surface area contributed by atoms with Gasteiger partial charge in [0.05, 0.1) is 0 Å². The maximum Gasteiger partial charge on any atom is 0.207 e. The van der Waals surface area contributed by atoms with E-state index in [1.165, 1.54) is 10.8 Å². The summed E-state index contributed by atoms with van der Waals surface area (Å²) in [5.41, 5.74) is 0. The van der Waals surface area contributed by atoms with Gasteiger partial charge in [-0.2, -0.15) is 0 Å². The average molecular weight is 181 g/mol. The molecule has 1 aromatic heterocycles. The van der Waals surface area contributed by atoms with Gasteiger partial charge in [0.15, 0.2) is 5.03 Å². The number of halogens is 1. The van der Waals surface area contributed by atoms with Gasteiger partial charge in [-0.1, -0.05) is 0 Å². The number of hydrogen-bond acceptors (Lipinski definition) is 2. The highest BCUT2D eigenvalue weighted by molar-refractivity contribution is 7.79. The van der Waals surface area contributed by atoms with Crippen LogP contribution in [0, 0.1) is 0 Å². The van der Waals surface area contributed by atoms with Crippen LogP contribution in [0.1, 0.15) is 0 Å². The van der Waals surface area contributed by atoms with Crippen molar-refractivity contribution in [2.45, 2.75) is 5.03 Å². The summed E-state index contributed by atoms with van der Waals surface area (Å²) >= 11 is 3.44. The van der Waals surface area contributed by atoms with Crippen molar-refractivity contribution in [3.8, 4) is 0 Å². The van der Waals surface area contributed by atoms with Crippen molar-refractivity contribution in [3.63, 3.8) is 0 Å². The molecular formula is C4H5ClN2O2S. The molecule has 0 aromatic carbocycles. The molecule has 1 N–H and O–H groups in total. The van der Waals surface area contributed by atoms with Crippen molar-refractivity contribution in [3.05, 3.63) is 11.5 Å². The van der Waals surface area contributed by atoms with E-state index in [0.29, 0.717) is 0 Å². The molecule has 1 unspecified atom stereocenters. The highest BCUT2D eigenvalue weighted by Crippen LogP contribution is 2.08. The van der Waals surface area contributed by atoms with E-state index in [2.05, 4.69) is 4.98 Å². The fourth-order valence-corrected chi connectivity index (χ4v) is 1.10. The highest BCUT2D eigenvalue weighted by Gasteiger charge is 2.06. The van der Waals surface area contributed by atoms with Crippen LogP contribution in [-0.4, -0.2) is 18.3 Å². The highest BCUT2D eigenvalue weighted by atomic mass is 35.5. The largest absolute Gasteiger partial charge is 0.323 e. The molecule has 10 heavy (non-hydrogen) atoms. The summed E-state index contributed by atoms with van der Waals surface area (Å²) in [4.78, 5) is 3.59. The zero-order valence-electron chi connectivity index (χ0n) is 5.11. The van der Waals surface area contributed by atoms with Gasteiger partial charge in [0, 0.05) is 13.2 Å². The summed E-state index contributed by atoms with van der Waals surface area (Å²) in [5.74, 6) is 0. The SMILES string of the molecule is Cn1cc(S(=O)O)nc1Cl. The van der Waals surface area contributed by atoms with Crippen molar-refractivity contribution >= 4 is 22.7 Å². The molecule has 1 aromatic rings. The minimum absolute atomic E-state index is 0.0764. The van der Waals surface area contributed by atoms with E-state index in [1.807, 2.05) is 0 Å². The third-order valence-corrected chi connectivity index (χ3v) is 1.88. The summed E-state index contributed by atoms with van der Waals surface area (Å²) < 4.78 is 20.3. The van der Waals surface area contributed by atoms with Crippen LogP contribution in [0.5, 0.6) is 0 Å². The minimum Gasteiger partial charge on any atom is -0.323 e. The molecule has 0 aliphatic rings. The van der Waals surface area contributed by atoms with Crippen LogP contribution >= 0.6 is 11.6 Å². The molecular weight excluding hydrogens is 176 g/mol. The van der Waals surface area contributed by atoms with Crippen LogP contribution in [0.4, 0.5) is 0 Å². The molecule has 1 rings (SSSR count). The third kappa shape index (κ3) is 1.36. The monoisotopic (exact) mass is 180 g/mol. The van der Waals surface area contributed by atoms with Gasteiger partial charge in [-0.25, -0.2) is 9.19 Å². The Kier molecular flexibility index (Phi) is 2.08. The van der Waals surface area contributed by atoms with Crippen LogP contribution in [0.3, 0.4) is 0 Å². The number of hydrogen-bond donors (Lipinski definition) is 1. The molecule has 0 spiro atoms. The molecule has 0 aliphatic carbocycles. The van der Waals surface area contributed by atoms with Crippen LogP contribution in [0.2, 0.25) is 5.28 Å². The quantitative estimate of drug-likeness (QED) is 0.646. The number of rotatable bonds is 1. The topological polar surface area (TPSA) is 55.1 Å². The molecule has 0 amide bonds. The van der Waals surface area contributed by atoms with E-state index in [0.717, 1.165) is 0 Å². The predicted molar refractivity (Wildman–Crippen MR) is 37.3 cm³/mol. The number of imidazole rings is 1. The Hall–Kier alpha value is -0.390. The third-order valence-electron chi connectivity index (χ3n) is 0.976. The second-order valence-corrected chi connectivity index (χ2v) is 2.96. The summed E-state index contributed by atoms with van der Waals surface area (Å²) in [5, 5.41) is 0.282. The minimum atomic E-state index is -2.03. The van der Waals surface area contributed by atoms with Gasteiger partial charge in [0.2, 0.25) is 16.4 Å². The lowest BCUT2D eigenvalue weighted by atomic mass is 10.9. The molecule has 0 aliphatic heterocycles. The van der Waals surface area contributed by atoms with E-state index in [4.69, 9.17) is 16.2 Å². The Morgan fingerprint density at radius 1 is 1.90 bits per heavy atom. The molecule has 0 fully saturated rings. The molecule has 0 saturated carbocycles. The fourth-order valence-electron chi connectivity index (χ4n) is 0.502. The lowest BCUT2D eigenvalue weighted by Gasteiger charge is -1.84. The van der Waals surface area contributed by atoms with Gasteiger partial charge >= 0.3 is 0 Å². The lowest BCUT2D eigenvalue weighted by Crippen LogP contribution is -1.86. The maximum absolute atomic E-state index is 10.3. The first-order chi connectivity index (χ1) is 4.61. The first-order valence-corrected chi connectivity index (χ1v) is 3.89. The molecule has 6 heteroatoms. The van der Waals surface area contributed by atoms with Crippen molar-refractivity contribution < 1.29 is 8.76 Å². The first kappa shape index (κ1) is 7.71. The van der Waals surface area contributed by atoms with Crippen LogP contribution in [0.25, 0.3) is 0 Å². The Morgan fingerprint density at radius 3 is 2.70 bits per heavy atom. The zero-order valence-corrected chi connectivity index (χ0v) is 6.69. The molecule has 4 nitrogen and oxygen atoms in total. The van der Waals surface area contributed by atoms with Crippen molar-refractivity contribution in [1.29, 1.82) is 0 Å². The van der Waals surface area contributed by atoms with Crippen molar-refractivity contribution in [2.75, 3.05) is 0 Å². The molecule has 0 radical (unpaired) electrons. The normalized spacial score (nSPS) is 13.5. The van der Waals surface area contributed by atoms with E-state index in [9.17, 15) is 4.21 Å². The Labute approximate surface area is 65.1 Å². The second-order valence-electron chi connectivity index (χ2n) is 1.71. The van der Waals surface area contributed by atoms with Crippen LogP contribution in [0.15, 0.2) is 11.2 Å². The number of aryl methyl sites for hydroxylation is 1.